The molecular weight excluding hydrogens is 417 g/mol. The number of carbonyl (C=O) groups is 1. The molecule has 4 aromatic rings. The van der Waals surface area contributed by atoms with Crippen molar-refractivity contribution in [1.82, 2.24) is 24.7 Å². The van der Waals surface area contributed by atoms with E-state index in [1.807, 2.05) is 30.3 Å². The third-order valence-electron chi connectivity index (χ3n) is 4.25. The van der Waals surface area contributed by atoms with Crippen LogP contribution in [-0.2, 0) is 11.3 Å². The minimum absolute atomic E-state index is 0.00282. The van der Waals surface area contributed by atoms with Gasteiger partial charge in [-0.05, 0) is 36.4 Å². The largest absolute Gasteiger partial charge is 0.493 e. The summed E-state index contributed by atoms with van der Waals surface area (Å²) in [4.78, 5) is 24.7. The van der Waals surface area contributed by atoms with Gasteiger partial charge in [0.15, 0.2) is 18.2 Å². The predicted molar refractivity (Wildman–Crippen MR) is 113 cm³/mol. The van der Waals surface area contributed by atoms with Crippen LogP contribution in [0.2, 0.25) is 0 Å². The third-order valence-corrected chi connectivity index (χ3v) is 4.25. The molecule has 32 heavy (non-hydrogen) atoms. The fourth-order valence-corrected chi connectivity index (χ4v) is 2.78. The molecule has 4 rings (SSSR count). The lowest BCUT2D eigenvalue weighted by Gasteiger charge is -2.08. The van der Waals surface area contributed by atoms with E-state index in [-0.39, 0.29) is 41.6 Å². The van der Waals surface area contributed by atoms with Gasteiger partial charge in [0.25, 0.3) is 0 Å². The van der Waals surface area contributed by atoms with E-state index in [0.29, 0.717) is 5.69 Å². The fraction of sp³-hybridized carbons (Fsp3) is 0.0952. The maximum Gasteiger partial charge on any atom is 0.363 e. The number of halogens is 1. The number of benzene rings is 2. The first kappa shape index (κ1) is 20.7. The predicted octanol–water partition coefficient (Wildman–Crippen LogP) is 2.89. The number of hydrogen-bond donors (Lipinski definition) is 2. The normalized spacial score (nSPS) is 10.6. The number of esters is 1. The number of nitrogens with zero attached hydrogens (tertiary/aromatic N) is 5. The molecule has 3 N–H and O–H groups in total. The summed E-state index contributed by atoms with van der Waals surface area (Å²) < 4.78 is 25.1. The number of rotatable bonds is 7. The summed E-state index contributed by atoms with van der Waals surface area (Å²) in [6, 6.07) is 14.9. The van der Waals surface area contributed by atoms with E-state index in [9.17, 15) is 9.18 Å². The Morgan fingerprint density at radius 3 is 2.56 bits per heavy atom. The topological polar surface area (TPSA) is 130 Å². The van der Waals surface area contributed by atoms with Gasteiger partial charge in [-0.15, -0.1) is 0 Å². The molecule has 11 heteroatoms. The zero-order valence-corrected chi connectivity index (χ0v) is 16.9. The lowest BCUT2D eigenvalue weighted by atomic mass is 10.3. The van der Waals surface area contributed by atoms with Gasteiger partial charge in [0, 0.05) is 5.69 Å². The Morgan fingerprint density at radius 1 is 1.09 bits per heavy atom. The molecule has 0 aliphatic heterocycles. The van der Waals surface area contributed by atoms with E-state index in [0.717, 1.165) is 5.69 Å². The Labute approximate surface area is 181 Å². The quantitative estimate of drug-likeness (QED) is 0.421. The fourth-order valence-electron chi connectivity index (χ4n) is 2.78. The molecular formula is C21H18FN7O3. The van der Waals surface area contributed by atoms with Crippen LogP contribution in [0.5, 0.6) is 5.75 Å². The molecule has 0 saturated carbocycles. The maximum atomic E-state index is 13.1. The van der Waals surface area contributed by atoms with E-state index in [1.165, 1.54) is 36.1 Å². The van der Waals surface area contributed by atoms with Crippen LogP contribution in [0.25, 0.3) is 5.69 Å². The molecule has 10 nitrogen and oxygen atoms in total. The zero-order valence-electron chi connectivity index (χ0n) is 16.9. The Bertz CT molecular complexity index is 1230. The molecule has 0 spiro atoms. The molecule has 0 atom stereocenters. The van der Waals surface area contributed by atoms with Crippen LogP contribution >= 0.6 is 0 Å². The van der Waals surface area contributed by atoms with Gasteiger partial charge in [-0.25, -0.2) is 13.9 Å². The molecule has 0 amide bonds. The van der Waals surface area contributed by atoms with Gasteiger partial charge < -0.3 is 20.5 Å². The van der Waals surface area contributed by atoms with Crippen molar-refractivity contribution in [3.8, 4) is 11.4 Å². The lowest BCUT2D eigenvalue weighted by molar-refractivity contribution is 0.0451. The summed E-state index contributed by atoms with van der Waals surface area (Å²) in [6.07, 6.45) is 1.58. The smallest absolute Gasteiger partial charge is 0.363 e. The van der Waals surface area contributed by atoms with Crippen molar-refractivity contribution in [2.45, 2.75) is 6.61 Å². The van der Waals surface area contributed by atoms with Crippen molar-refractivity contribution in [3.05, 3.63) is 78.1 Å². The number of para-hydroxylation sites is 1. The van der Waals surface area contributed by atoms with E-state index >= 15 is 0 Å². The summed E-state index contributed by atoms with van der Waals surface area (Å²) >= 11 is 0. The van der Waals surface area contributed by atoms with Gasteiger partial charge >= 0.3 is 5.97 Å². The molecule has 0 saturated heterocycles. The van der Waals surface area contributed by atoms with Crippen molar-refractivity contribution in [3.63, 3.8) is 0 Å². The van der Waals surface area contributed by atoms with Crippen LogP contribution in [-0.4, -0.2) is 37.8 Å². The Morgan fingerprint density at radius 2 is 1.84 bits per heavy atom. The molecule has 162 valence electrons. The number of aromatic nitrogens is 5. The first-order valence-electron chi connectivity index (χ1n) is 9.41. The summed E-state index contributed by atoms with van der Waals surface area (Å²) in [5, 5.41) is 7.14. The first-order valence-corrected chi connectivity index (χ1v) is 9.41. The molecule has 2 heterocycles. The first-order chi connectivity index (χ1) is 15.5. The summed E-state index contributed by atoms with van der Waals surface area (Å²) in [7, 11) is 1.43. The van der Waals surface area contributed by atoms with Gasteiger partial charge in [-0.3, -0.25) is 0 Å². The van der Waals surface area contributed by atoms with E-state index in [1.54, 1.807) is 6.20 Å². The average molecular weight is 435 g/mol. The van der Waals surface area contributed by atoms with Crippen LogP contribution in [0, 0.1) is 5.82 Å². The molecule has 0 aliphatic carbocycles. The van der Waals surface area contributed by atoms with Crippen LogP contribution < -0.4 is 15.8 Å². The SMILES string of the molecule is COc1cn(-c2ccccc2)nc1C(=O)OCc1nc(N)nc(Nc2ccc(F)cc2)n1. The Balaban J connectivity index is 1.47. The van der Waals surface area contributed by atoms with Crippen molar-refractivity contribution < 1.29 is 18.7 Å². The van der Waals surface area contributed by atoms with Gasteiger partial charge in [-0.1, -0.05) is 18.2 Å². The van der Waals surface area contributed by atoms with E-state index in [2.05, 4.69) is 25.4 Å². The van der Waals surface area contributed by atoms with Gasteiger partial charge in [0.1, 0.15) is 5.82 Å². The minimum atomic E-state index is -0.719. The number of hydrogen-bond acceptors (Lipinski definition) is 9. The second kappa shape index (κ2) is 9.08. The molecule has 2 aromatic carbocycles. The summed E-state index contributed by atoms with van der Waals surface area (Å²) in [6.45, 7) is -0.273. The van der Waals surface area contributed by atoms with E-state index < -0.39 is 5.97 Å². The summed E-state index contributed by atoms with van der Waals surface area (Å²) in [5.41, 5.74) is 7.04. The number of carbonyl (C=O) groups excluding carboxylic acids is 1. The second-order valence-corrected chi connectivity index (χ2v) is 6.47. The lowest BCUT2D eigenvalue weighted by Crippen LogP contribution is -2.12. The highest BCUT2D eigenvalue weighted by Gasteiger charge is 2.20. The van der Waals surface area contributed by atoms with Crippen molar-refractivity contribution in [2.75, 3.05) is 18.2 Å². The van der Waals surface area contributed by atoms with Crippen LogP contribution in [0.1, 0.15) is 16.3 Å². The number of nitrogens with one attached hydrogen (secondary N) is 1. The highest BCUT2D eigenvalue weighted by atomic mass is 19.1. The third kappa shape index (κ3) is 4.78. The van der Waals surface area contributed by atoms with Crippen molar-refractivity contribution in [2.24, 2.45) is 0 Å². The second-order valence-electron chi connectivity index (χ2n) is 6.47. The number of anilines is 3. The Hall–Kier alpha value is -4.54. The van der Waals surface area contributed by atoms with Gasteiger partial charge in [-0.2, -0.15) is 20.1 Å². The van der Waals surface area contributed by atoms with Crippen LogP contribution in [0.4, 0.5) is 22.0 Å². The van der Waals surface area contributed by atoms with Crippen LogP contribution in [0.3, 0.4) is 0 Å². The molecule has 0 fully saturated rings. The Kier molecular flexibility index (Phi) is 5.88. The number of nitrogens with two attached hydrogens (primary N) is 1. The zero-order chi connectivity index (χ0) is 22.5. The van der Waals surface area contributed by atoms with E-state index in [4.69, 9.17) is 15.2 Å². The van der Waals surface area contributed by atoms with Crippen molar-refractivity contribution in [1.29, 1.82) is 0 Å². The molecule has 0 bridgehead atoms. The van der Waals surface area contributed by atoms with Crippen LogP contribution in [0.15, 0.2) is 60.8 Å². The molecule has 0 aliphatic rings. The number of ether oxygens (including phenoxy) is 2. The maximum absolute atomic E-state index is 13.1. The highest BCUT2D eigenvalue weighted by molar-refractivity contribution is 5.90. The number of nitrogen functional groups attached to an aromatic ring is 1. The number of methoxy groups -OCH3 is 1. The molecule has 0 radical (unpaired) electrons. The monoisotopic (exact) mass is 435 g/mol. The summed E-state index contributed by atoms with van der Waals surface area (Å²) in [5.74, 6) is -0.653. The molecule has 2 aromatic heterocycles. The van der Waals surface area contributed by atoms with Gasteiger partial charge in [0.05, 0.1) is 19.0 Å². The van der Waals surface area contributed by atoms with Crippen molar-refractivity contribution >= 4 is 23.6 Å². The van der Waals surface area contributed by atoms with Gasteiger partial charge in [0.2, 0.25) is 17.6 Å². The standard InChI is InChI=1S/C21H18FN7O3/c1-31-16-11-29(15-5-3-2-4-6-15)28-18(16)19(30)32-12-17-25-20(23)27-21(26-17)24-14-9-7-13(22)8-10-14/h2-11H,12H2,1H3,(H3,23,24,25,26,27). The highest BCUT2D eigenvalue weighted by Crippen LogP contribution is 2.21. The average Bonchev–Trinajstić information content (AvgIpc) is 3.24. The minimum Gasteiger partial charge on any atom is -0.493 e. The molecule has 0 unspecified atom stereocenters.